The number of aliphatic hydroxyl groups is 1. The molecule has 0 fully saturated rings. The summed E-state index contributed by atoms with van der Waals surface area (Å²) in [5.41, 5.74) is 0.657. The molecule has 3 heteroatoms. The van der Waals surface area contributed by atoms with E-state index in [1.165, 1.54) is 13.3 Å². The van der Waals surface area contributed by atoms with Gasteiger partial charge in [-0.1, -0.05) is 0 Å². The lowest BCUT2D eigenvalue weighted by molar-refractivity contribution is 0.271. The second-order valence-electron chi connectivity index (χ2n) is 1.76. The lowest BCUT2D eigenvalue weighted by Crippen LogP contribution is -1.93. The zero-order valence-corrected chi connectivity index (χ0v) is 5.66. The predicted molar refractivity (Wildman–Crippen MR) is 35.5 cm³/mol. The van der Waals surface area contributed by atoms with Crippen molar-refractivity contribution in [2.45, 2.75) is 6.61 Å². The Morgan fingerprint density at radius 2 is 2.60 bits per heavy atom. The third kappa shape index (κ3) is 1.25. The molecule has 1 radical (unpaired) electrons. The topological polar surface area (TPSA) is 42.4 Å². The molecule has 1 aromatic rings. The van der Waals surface area contributed by atoms with Gasteiger partial charge >= 0.3 is 0 Å². The van der Waals surface area contributed by atoms with Gasteiger partial charge in [-0.15, -0.1) is 0 Å². The summed E-state index contributed by atoms with van der Waals surface area (Å²) in [4.78, 5) is 3.83. The van der Waals surface area contributed by atoms with Crippen molar-refractivity contribution in [1.82, 2.24) is 4.98 Å². The molecular weight excluding hydrogens is 130 g/mol. The van der Waals surface area contributed by atoms with E-state index in [0.717, 1.165) is 0 Å². The van der Waals surface area contributed by atoms with Gasteiger partial charge in [0, 0.05) is 17.8 Å². The van der Waals surface area contributed by atoms with Gasteiger partial charge in [0.05, 0.1) is 13.7 Å². The van der Waals surface area contributed by atoms with E-state index >= 15 is 0 Å². The Kier molecular flexibility index (Phi) is 2.23. The standard InChI is InChI=1S/C7H8NO2/c1-10-7-6(5-9)3-2-4-8-7/h3-4,9H,5H2,1H3. The van der Waals surface area contributed by atoms with E-state index in [4.69, 9.17) is 9.84 Å². The molecule has 0 unspecified atom stereocenters. The van der Waals surface area contributed by atoms with E-state index in [1.807, 2.05) is 0 Å². The third-order valence-electron chi connectivity index (χ3n) is 1.15. The van der Waals surface area contributed by atoms with Gasteiger partial charge in [0.25, 0.3) is 0 Å². The summed E-state index contributed by atoms with van der Waals surface area (Å²) >= 11 is 0. The van der Waals surface area contributed by atoms with Crippen LogP contribution in [0.1, 0.15) is 5.56 Å². The molecule has 1 aromatic heterocycles. The van der Waals surface area contributed by atoms with Crippen molar-refractivity contribution in [3.8, 4) is 5.88 Å². The molecule has 0 amide bonds. The lowest BCUT2D eigenvalue weighted by Gasteiger charge is -2.01. The maximum atomic E-state index is 8.71. The summed E-state index contributed by atoms with van der Waals surface area (Å²) in [6.07, 6.45) is 1.50. The van der Waals surface area contributed by atoms with Crippen LogP contribution < -0.4 is 4.74 Å². The van der Waals surface area contributed by atoms with Gasteiger partial charge in [-0.25, -0.2) is 4.98 Å². The van der Waals surface area contributed by atoms with Crippen molar-refractivity contribution < 1.29 is 9.84 Å². The van der Waals surface area contributed by atoms with Crippen LogP contribution in [0, 0.1) is 6.07 Å². The quantitative estimate of drug-likeness (QED) is 0.642. The number of hydrogen-bond acceptors (Lipinski definition) is 3. The number of hydrogen-bond donors (Lipinski definition) is 1. The van der Waals surface area contributed by atoms with E-state index in [0.29, 0.717) is 11.4 Å². The number of aromatic nitrogens is 1. The van der Waals surface area contributed by atoms with Crippen molar-refractivity contribution in [2.75, 3.05) is 7.11 Å². The smallest absolute Gasteiger partial charge is 0.218 e. The van der Waals surface area contributed by atoms with E-state index in [2.05, 4.69) is 11.1 Å². The van der Waals surface area contributed by atoms with Crippen molar-refractivity contribution in [1.29, 1.82) is 0 Å². The average molecular weight is 138 g/mol. The summed E-state index contributed by atoms with van der Waals surface area (Å²) in [5.74, 6) is 0.459. The van der Waals surface area contributed by atoms with Crippen LogP contribution in [0.25, 0.3) is 0 Å². The fraction of sp³-hybridized carbons (Fsp3) is 0.286. The molecular formula is C7H8NO2. The van der Waals surface area contributed by atoms with Crippen LogP contribution in [0.15, 0.2) is 12.3 Å². The highest BCUT2D eigenvalue weighted by atomic mass is 16.5. The molecule has 1 heterocycles. The lowest BCUT2D eigenvalue weighted by atomic mass is 10.3. The van der Waals surface area contributed by atoms with Crippen LogP contribution in [0.2, 0.25) is 0 Å². The van der Waals surface area contributed by atoms with Gasteiger partial charge in [-0.3, -0.25) is 0 Å². The van der Waals surface area contributed by atoms with Crippen LogP contribution >= 0.6 is 0 Å². The Labute approximate surface area is 59.3 Å². The van der Waals surface area contributed by atoms with Crippen LogP contribution in [-0.4, -0.2) is 17.2 Å². The molecule has 0 aromatic carbocycles. The Morgan fingerprint density at radius 3 is 3.10 bits per heavy atom. The summed E-state index contributed by atoms with van der Waals surface area (Å²) in [5, 5.41) is 8.71. The van der Waals surface area contributed by atoms with Gasteiger partial charge in [-0.2, -0.15) is 0 Å². The molecule has 0 spiro atoms. The minimum absolute atomic E-state index is 0.0620. The molecule has 0 aliphatic carbocycles. The van der Waals surface area contributed by atoms with Crippen LogP contribution in [0.4, 0.5) is 0 Å². The second-order valence-corrected chi connectivity index (χ2v) is 1.76. The molecule has 0 aliphatic rings. The van der Waals surface area contributed by atoms with E-state index in [1.54, 1.807) is 6.07 Å². The molecule has 3 nitrogen and oxygen atoms in total. The van der Waals surface area contributed by atoms with E-state index < -0.39 is 0 Å². The monoisotopic (exact) mass is 138 g/mol. The summed E-state index contributed by atoms with van der Waals surface area (Å²) in [6, 6.07) is 4.38. The fourth-order valence-electron chi connectivity index (χ4n) is 0.675. The minimum Gasteiger partial charge on any atom is -0.481 e. The highest BCUT2D eigenvalue weighted by molar-refractivity contribution is 5.23. The molecule has 0 saturated heterocycles. The van der Waals surface area contributed by atoms with E-state index in [9.17, 15) is 0 Å². The first-order chi connectivity index (χ1) is 4.88. The van der Waals surface area contributed by atoms with Gasteiger partial charge in [0.1, 0.15) is 0 Å². The zero-order chi connectivity index (χ0) is 7.40. The van der Waals surface area contributed by atoms with Crippen molar-refractivity contribution in [2.24, 2.45) is 0 Å². The van der Waals surface area contributed by atoms with Crippen LogP contribution in [0.3, 0.4) is 0 Å². The Morgan fingerprint density at radius 1 is 1.80 bits per heavy atom. The number of aliphatic hydroxyl groups excluding tert-OH is 1. The van der Waals surface area contributed by atoms with E-state index in [-0.39, 0.29) is 6.61 Å². The van der Waals surface area contributed by atoms with Gasteiger partial charge < -0.3 is 9.84 Å². The normalized spacial score (nSPS) is 9.40. The first-order valence-electron chi connectivity index (χ1n) is 2.88. The highest BCUT2D eigenvalue weighted by Gasteiger charge is 1.98. The van der Waals surface area contributed by atoms with Crippen LogP contribution in [0.5, 0.6) is 5.88 Å². The molecule has 0 bridgehead atoms. The number of ether oxygens (including phenoxy) is 1. The maximum absolute atomic E-state index is 8.71. The number of pyridine rings is 1. The molecule has 0 aliphatic heterocycles. The van der Waals surface area contributed by atoms with Gasteiger partial charge in [0.2, 0.25) is 5.88 Å². The highest BCUT2D eigenvalue weighted by Crippen LogP contribution is 2.11. The summed E-state index contributed by atoms with van der Waals surface area (Å²) < 4.78 is 4.85. The minimum atomic E-state index is -0.0620. The Bertz CT molecular complexity index is 190. The Hall–Kier alpha value is -1.09. The van der Waals surface area contributed by atoms with Gasteiger partial charge in [-0.05, 0) is 6.07 Å². The molecule has 0 atom stereocenters. The third-order valence-corrected chi connectivity index (χ3v) is 1.15. The largest absolute Gasteiger partial charge is 0.481 e. The van der Waals surface area contributed by atoms with Gasteiger partial charge in [0.15, 0.2) is 0 Å². The first-order valence-corrected chi connectivity index (χ1v) is 2.88. The Balaban J connectivity index is 2.96. The van der Waals surface area contributed by atoms with Crippen LogP contribution in [-0.2, 0) is 6.61 Å². The van der Waals surface area contributed by atoms with Crippen molar-refractivity contribution >= 4 is 0 Å². The van der Waals surface area contributed by atoms with Crippen molar-refractivity contribution in [3.05, 3.63) is 23.9 Å². The zero-order valence-electron chi connectivity index (χ0n) is 5.66. The molecule has 10 heavy (non-hydrogen) atoms. The molecule has 0 saturated carbocycles. The fourth-order valence-corrected chi connectivity index (χ4v) is 0.675. The molecule has 1 rings (SSSR count). The number of nitrogens with zero attached hydrogens (tertiary/aromatic N) is 1. The maximum Gasteiger partial charge on any atom is 0.218 e. The first kappa shape index (κ1) is 7.02. The second kappa shape index (κ2) is 3.17. The van der Waals surface area contributed by atoms with Crippen molar-refractivity contribution in [3.63, 3.8) is 0 Å². The number of methoxy groups -OCH3 is 1. The average Bonchev–Trinajstić information content (AvgIpc) is 2.04. The summed E-state index contributed by atoms with van der Waals surface area (Å²) in [6.45, 7) is -0.0620. The number of rotatable bonds is 2. The SMILES string of the molecule is COc1nc[c]cc1CO. The molecule has 1 N–H and O–H groups in total. The molecule has 53 valence electrons. The predicted octanol–water partition coefficient (Wildman–Crippen LogP) is 0.383. The summed E-state index contributed by atoms with van der Waals surface area (Å²) in [7, 11) is 1.52.